The molecule has 1 fully saturated rings. The molecule has 1 atom stereocenters. The van der Waals surface area contributed by atoms with Crippen molar-refractivity contribution in [2.75, 3.05) is 11.5 Å². The van der Waals surface area contributed by atoms with Crippen molar-refractivity contribution in [2.24, 2.45) is 5.10 Å². The Morgan fingerprint density at radius 3 is 2.65 bits per heavy atom. The zero-order chi connectivity index (χ0) is 18.9. The number of aromatic nitrogens is 2. The van der Waals surface area contributed by atoms with Gasteiger partial charge in [-0.15, -0.1) is 0 Å². The monoisotopic (exact) mass is 394 g/mol. The van der Waals surface area contributed by atoms with Gasteiger partial charge in [0.1, 0.15) is 5.15 Å². The van der Waals surface area contributed by atoms with Crippen molar-refractivity contribution in [3.05, 3.63) is 51.8 Å². The molecule has 0 unspecified atom stereocenters. The molecule has 1 aromatic heterocycles. The van der Waals surface area contributed by atoms with Gasteiger partial charge in [-0.05, 0) is 32.4 Å². The Balaban J connectivity index is 1.73. The molecule has 0 saturated carbocycles. The van der Waals surface area contributed by atoms with E-state index in [-0.39, 0.29) is 23.5 Å². The fourth-order valence-corrected chi connectivity index (χ4v) is 4.87. The van der Waals surface area contributed by atoms with Crippen molar-refractivity contribution in [1.82, 2.24) is 15.2 Å². The third-order valence-corrected chi connectivity index (χ3v) is 6.43. The fourth-order valence-electron chi connectivity index (χ4n) is 2.81. The normalized spacial score (nSPS) is 19.1. The van der Waals surface area contributed by atoms with Gasteiger partial charge in [0.2, 0.25) is 0 Å². The number of rotatable bonds is 4. The van der Waals surface area contributed by atoms with Gasteiger partial charge >= 0.3 is 0 Å². The minimum atomic E-state index is -3.04. The molecule has 2 aromatic rings. The van der Waals surface area contributed by atoms with Gasteiger partial charge in [-0.25, -0.2) is 18.5 Å². The SMILES string of the molecule is Cc1ccc(C(=O)N/N=C\c2c(C)nn([C@H]3CCS(=O)(=O)C3)c2Cl)cc1. The molecule has 0 bridgehead atoms. The molecule has 1 amide bonds. The number of sulfone groups is 1. The van der Waals surface area contributed by atoms with Crippen LogP contribution in [0.1, 0.15) is 39.6 Å². The molecule has 1 aromatic carbocycles. The lowest BCUT2D eigenvalue weighted by molar-refractivity contribution is 0.0955. The first kappa shape index (κ1) is 18.6. The highest BCUT2D eigenvalue weighted by molar-refractivity contribution is 7.91. The van der Waals surface area contributed by atoms with Crippen LogP contribution in [0.25, 0.3) is 0 Å². The lowest BCUT2D eigenvalue weighted by Crippen LogP contribution is -2.17. The first-order chi connectivity index (χ1) is 12.3. The standard InChI is InChI=1S/C17H19ClN4O3S/c1-11-3-5-13(6-4-11)17(23)20-19-9-15-12(2)21-22(16(15)18)14-7-8-26(24,25)10-14/h3-6,9,14H,7-8,10H2,1-2H3,(H,20,23)/b19-9-/t14-/m0/s1. The van der Waals surface area contributed by atoms with Crippen LogP contribution in [0.3, 0.4) is 0 Å². The van der Waals surface area contributed by atoms with Crippen LogP contribution >= 0.6 is 11.6 Å². The van der Waals surface area contributed by atoms with Crippen molar-refractivity contribution in [3.8, 4) is 0 Å². The maximum atomic E-state index is 12.1. The molecule has 138 valence electrons. The van der Waals surface area contributed by atoms with E-state index in [1.54, 1.807) is 19.1 Å². The first-order valence-corrected chi connectivity index (χ1v) is 10.3. The largest absolute Gasteiger partial charge is 0.271 e. The smallest absolute Gasteiger partial charge is 0.267 e. The molecular formula is C17H19ClN4O3S. The number of halogens is 1. The van der Waals surface area contributed by atoms with Crippen molar-refractivity contribution in [2.45, 2.75) is 26.3 Å². The molecule has 26 heavy (non-hydrogen) atoms. The van der Waals surface area contributed by atoms with Crippen LogP contribution < -0.4 is 5.43 Å². The summed E-state index contributed by atoms with van der Waals surface area (Å²) in [4.78, 5) is 12.1. The number of nitrogens with one attached hydrogen (secondary N) is 1. The maximum Gasteiger partial charge on any atom is 0.271 e. The van der Waals surface area contributed by atoms with E-state index in [1.165, 1.54) is 10.9 Å². The molecule has 0 aliphatic carbocycles. The summed E-state index contributed by atoms with van der Waals surface area (Å²) < 4.78 is 24.9. The quantitative estimate of drug-likeness (QED) is 0.635. The van der Waals surface area contributed by atoms with Crippen molar-refractivity contribution in [3.63, 3.8) is 0 Å². The number of carbonyl (C=O) groups is 1. The number of carbonyl (C=O) groups excluding carboxylic acids is 1. The third-order valence-electron chi connectivity index (χ3n) is 4.30. The second-order valence-electron chi connectivity index (χ2n) is 6.36. The van der Waals surface area contributed by atoms with E-state index in [9.17, 15) is 13.2 Å². The number of hydrogen-bond acceptors (Lipinski definition) is 5. The van der Waals surface area contributed by atoms with Gasteiger partial charge in [0.25, 0.3) is 5.91 Å². The number of hydrazone groups is 1. The fraction of sp³-hybridized carbons (Fsp3) is 0.353. The zero-order valence-corrected chi connectivity index (χ0v) is 16.0. The van der Waals surface area contributed by atoms with Crippen molar-refractivity contribution >= 4 is 33.6 Å². The van der Waals surface area contributed by atoms with Gasteiger partial charge in [-0.3, -0.25) is 4.79 Å². The summed E-state index contributed by atoms with van der Waals surface area (Å²) in [6, 6.07) is 6.86. The Morgan fingerprint density at radius 2 is 2.04 bits per heavy atom. The van der Waals surface area contributed by atoms with Crippen molar-refractivity contribution in [1.29, 1.82) is 0 Å². The third kappa shape index (κ3) is 3.96. The van der Waals surface area contributed by atoms with Gasteiger partial charge in [-0.1, -0.05) is 29.3 Å². The lowest BCUT2D eigenvalue weighted by atomic mass is 10.1. The molecule has 0 radical (unpaired) electrons. The number of amides is 1. The average Bonchev–Trinajstić information content (AvgIpc) is 3.08. The molecular weight excluding hydrogens is 376 g/mol. The van der Waals surface area contributed by atoms with Crippen LogP contribution in [0.2, 0.25) is 5.15 Å². The Morgan fingerprint density at radius 1 is 1.35 bits per heavy atom. The predicted octanol–water partition coefficient (Wildman–Crippen LogP) is 2.28. The van der Waals surface area contributed by atoms with Crippen LogP contribution in [0.15, 0.2) is 29.4 Å². The highest BCUT2D eigenvalue weighted by Gasteiger charge is 2.31. The summed E-state index contributed by atoms with van der Waals surface area (Å²) in [5, 5.41) is 8.61. The summed E-state index contributed by atoms with van der Waals surface area (Å²) in [5.74, 6) is -0.151. The number of nitrogens with zero attached hydrogens (tertiary/aromatic N) is 3. The van der Waals surface area contributed by atoms with Gasteiger partial charge in [0.15, 0.2) is 9.84 Å². The lowest BCUT2D eigenvalue weighted by Gasteiger charge is -2.09. The van der Waals surface area contributed by atoms with Crippen molar-refractivity contribution < 1.29 is 13.2 Å². The van der Waals surface area contributed by atoms with Gasteiger partial charge in [-0.2, -0.15) is 10.2 Å². The molecule has 1 saturated heterocycles. The Bertz CT molecular complexity index is 965. The minimum Gasteiger partial charge on any atom is -0.267 e. The molecule has 1 aliphatic heterocycles. The Labute approximate surface area is 157 Å². The molecule has 2 heterocycles. The Kier molecular flexibility index (Phi) is 5.15. The topological polar surface area (TPSA) is 93.4 Å². The molecule has 9 heteroatoms. The highest BCUT2D eigenvalue weighted by Crippen LogP contribution is 2.29. The molecule has 1 aliphatic rings. The predicted molar refractivity (Wildman–Crippen MR) is 101 cm³/mol. The minimum absolute atomic E-state index is 0.0363. The van der Waals surface area contributed by atoms with Gasteiger partial charge < -0.3 is 0 Å². The zero-order valence-electron chi connectivity index (χ0n) is 14.4. The second-order valence-corrected chi connectivity index (χ2v) is 8.94. The van der Waals surface area contributed by atoms with E-state index < -0.39 is 9.84 Å². The summed E-state index contributed by atoms with van der Waals surface area (Å²) in [7, 11) is -3.04. The number of aryl methyl sites for hydroxylation is 2. The van der Waals surface area contributed by atoms with Crippen LogP contribution in [0.5, 0.6) is 0 Å². The summed E-state index contributed by atoms with van der Waals surface area (Å²) in [5.41, 5.74) is 5.19. The van der Waals surface area contributed by atoms with E-state index in [0.717, 1.165) is 5.56 Å². The second kappa shape index (κ2) is 7.20. The maximum absolute atomic E-state index is 12.1. The van der Waals surface area contributed by atoms with Gasteiger partial charge in [0.05, 0.1) is 35.0 Å². The molecule has 0 spiro atoms. The average molecular weight is 395 g/mol. The summed E-state index contributed by atoms with van der Waals surface area (Å²) in [6.07, 6.45) is 1.92. The van der Waals surface area contributed by atoms with Crippen LogP contribution in [0.4, 0.5) is 0 Å². The summed E-state index contributed by atoms with van der Waals surface area (Å²) >= 11 is 6.35. The van der Waals surface area contributed by atoms with Crippen LogP contribution in [-0.2, 0) is 9.84 Å². The van der Waals surface area contributed by atoms with E-state index in [4.69, 9.17) is 11.6 Å². The van der Waals surface area contributed by atoms with E-state index in [1.807, 2.05) is 19.1 Å². The van der Waals surface area contributed by atoms with Crippen LogP contribution in [0, 0.1) is 13.8 Å². The molecule has 1 N–H and O–H groups in total. The summed E-state index contributed by atoms with van der Waals surface area (Å²) in [6.45, 7) is 3.70. The highest BCUT2D eigenvalue weighted by atomic mass is 35.5. The van der Waals surface area contributed by atoms with Crippen LogP contribution in [-0.4, -0.2) is 41.8 Å². The molecule has 3 rings (SSSR count). The Hall–Kier alpha value is -2.19. The van der Waals surface area contributed by atoms with Gasteiger partial charge in [0, 0.05) is 5.56 Å². The number of benzene rings is 1. The first-order valence-electron chi connectivity index (χ1n) is 8.12. The van der Waals surface area contributed by atoms with E-state index in [2.05, 4.69) is 15.6 Å². The number of hydrogen-bond donors (Lipinski definition) is 1. The van der Waals surface area contributed by atoms with E-state index in [0.29, 0.717) is 28.4 Å². The molecule has 7 nitrogen and oxygen atoms in total. The van der Waals surface area contributed by atoms with E-state index >= 15 is 0 Å².